The fourth-order valence-electron chi connectivity index (χ4n) is 3.60. The van der Waals surface area contributed by atoms with Gasteiger partial charge in [-0.2, -0.15) is 0 Å². The van der Waals surface area contributed by atoms with Gasteiger partial charge in [0.05, 0.1) is 32.0 Å². The summed E-state index contributed by atoms with van der Waals surface area (Å²) in [7, 11) is 2.08. The summed E-state index contributed by atoms with van der Waals surface area (Å²) in [5.74, 6) is 2.81. The van der Waals surface area contributed by atoms with E-state index in [1.807, 2.05) is 12.1 Å². The molecule has 0 N–H and O–H groups in total. The van der Waals surface area contributed by atoms with Gasteiger partial charge in [0.25, 0.3) is 0 Å². The lowest BCUT2D eigenvalue weighted by atomic mass is 10.1. The van der Waals surface area contributed by atoms with Crippen LogP contribution < -0.4 is 0 Å². The number of hydrogen-bond donors (Lipinski definition) is 0. The van der Waals surface area contributed by atoms with E-state index in [9.17, 15) is 0 Å². The number of hydrogen-bond acceptors (Lipinski definition) is 6. The lowest BCUT2D eigenvalue weighted by molar-refractivity contribution is 0.0933. The fourth-order valence-corrected chi connectivity index (χ4v) is 4.64. The third kappa shape index (κ3) is 5.29. The first-order valence-corrected chi connectivity index (χ1v) is 11.1. The SMILES string of the molecule is Cc1ccccc1CSc1nnc(CN(C)Cc2ccco2)n1C[C@H]1CCCO1. The van der Waals surface area contributed by atoms with Crippen molar-refractivity contribution in [3.63, 3.8) is 0 Å². The van der Waals surface area contributed by atoms with Crippen LogP contribution in [0.2, 0.25) is 0 Å². The quantitative estimate of drug-likeness (QED) is 0.489. The molecule has 0 aliphatic carbocycles. The molecule has 3 aromatic rings. The van der Waals surface area contributed by atoms with Crippen LogP contribution in [0.4, 0.5) is 0 Å². The molecular weight excluding hydrogens is 384 g/mol. The van der Waals surface area contributed by atoms with E-state index in [4.69, 9.17) is 9.15 Å². The molecule has 0 bridgehead atoms. The molecule has 3 heterocycles. The van der Waals surface area contributed by atoms with Crippen LogP contribution in [0.1, 0.15) is 35.6 Å². The smallest absolute Gasteiger partial charge is 0.191 e. The van der Waals surface area contributed by atoms with Crippen molar-refractivity contribution in [3.05, 3.63) is 65.4 Å². The minimum atomic E-state index is 0.248. The number of benzene rings is 1. The number of rotatable bonds is 9. The van der Waals surface area contributed by atoms with Gasteiger partial charge in [-0.1, -0.05) is 36.0 Å². The Balaban J connectivity index is 1.48. The molecule has 154 valence electrons. The summed E-state index contributed by atoms with van der Waals surface area (Å²) in [5, 5.41) is 10.0. The Kier molecular flexibility index (Phi) is 6.69. The van der Waals surface area contributed by atoms with Crippen LogP contribution in [0, 0.1) is 6.92 Å². The van der Waals surface area contributed by atoms with Crippen LogP contribution in [0.5, 0.6) is 0 Å². The Morgan fingerprint density at radius 1 is 1.17 bits per heavy atom. The monoisotopic (exact) mass is 412 g/mol. The molecule has 1 saturated heterocycles. The highest BCUT2D eigenvalue weighted by atomic mass is 32.2. The number of nitrogens with zero attached hydrogens (tertiary/aromatic N) is 4. The zero-order valence-electron chi connectivity index (χ0n) is 17.1. The molecule has 1 aliphatic rings. The van der Waals surface area contributed by atoms with Crippen molar-refractivity contribution >= 4 is 11.8 Å². The Bertz CT molecular complexity index is 903. The standard InChI is InChI=1S/C22H28N4O2S/c1-17-7-3-4-8-18(17)16-29-22-24-23-21(26(22)14-20-10-6-12-28-20)15-25(2)13-19-9-5-11-27-19/h3-5,7-9,11,20H,6,10,12-16H2,1-2H3/t20-/m1/s1. The Morgan fingerprint density at radius 3 is 2.83 bits per heavy atom. The van der Waals surface area contributed by atoms with Crippen molar-refractivity contribution in [2.24, 2.45) is 0 Å². The summed E-state index contributed by atoms with van der Waals surface area (Å²) in [6.07, 6.45) is 4.19. The lowest BCUT2D eigenvalue weighted by Gasteiger charge is -2.18. The second kappa shape index (κ2) is 9.61. The number of ether oxygens (including phenoxy) is 1. The first-order chi connectivity index (χ1) is 14.2. The summed E-state index contributed by atoms with van der Waals surface area (Å²) in [4.78, 5) is 2.20. The average Bonchev–Trinajstić information content (AvgIpc) is 3.46. The van der Waals surface area contributed by atoms with Crippen molar-refractivity contribution in [1.82, 2.24) is 19.7 Å². The molecule has 7 heteroatoms. The van der Waals surface area contributed by atoms with Crippen LogP contribution in [-0.4, -0.2) is 39.4 Å². The fraction of sp³-hybridized carbons (Fsp3) is 0.455. The molecule has 0 amide bonds. The van der Waals surface area contributed by atoms with Crippen molar-refractivity contribution < 1.29 is 9.15 Å². The lowest BCUT2D eigenvalue weighted by Crippen LogP contribution is -2.23. The second-order valence-electron chi connectivity index (χ2n) is 7.61. The van der Waals surface area contributed by atoms with Crippen LogP contribution >= 0.6 is 11.8 Å². The predicted molar refractivity (Wildman–Crippen MR) is 114 cm³/mol. The van der Waals surface area contributed by atoms with Gasteiger partial charge in [-0.05, 0) is 50.1 Å². The molecule has 1 fully saturated rings. The summed E-state index contributed by atoms with van der Waals surface area (Å²) < 4.78 is 13.6. The van der Waals surface area contributed by atoms with Crippen LogP contribution in [0.3, 0.4) is 0 Å². The average molecular weight is 413 g/mol. The van der Waals surface area contributed by atoms with Crippen molar-refractivity contribution in [1.29, 1.82) is 0 Å². The molecule has 0 unspecified atom stereocenters. The Hall–Kier alpha value is -2.09. The molecule has 0 radical (unpaired) electrons. The Labute approximate surface area is 176 Å². The molecule has 4 rings (SSSR count). The van der Waals surface area contributed by atoms with Gasteiger partial charge in [0.15, 0.2) is 5.16 Å². The van der Waals surface area contributed by atoms with E-state index < -0.39 is 0 Å². The summed E-state index contributed by atoms with van der Waals surface area (Å²) in [5.41, 5.74) is 2.64. The molecule has 0 saturated carbocycles. The maximum Gasteiger partial charge on any atom is 0.191 e. The van der Waals surface area contributed by atoms with Gasteiger partial charge in [-0.3, -0.25) is 4.90 Å². The number of furan rings is 1. The van der Waals surface area contributed by atoms with E-state index >= 15 is 0 Å². The Morgan fingerprint density at radius 2 is 2.07 bits per heavy atom. The van der Waals surface area contributed by atoms with E-state index in [2.05, 4.69) is 57.9 Å². The van der Waals surface area contributed by atoms with Gasteiger partial charge in [0.2, 0.25) is 0 Å². The molecule has 6 nitrogen and oxygen atoms in total. The first kappa shape index (κ1) is 20.2. The van der Waals surface area contributed by atoms with Gasteiger partial charge < -0.3 is 13.7 Å². The third-order valence-electron chi connectivity index (χ3n) is 5.24. The highest BCUT2D eigenvalue weighted by Crippen LogP contribution is 2.26. The normalized spacial score (nSPS) is 16.7. The highest BCUT2D eigenvalue weighted by molar-refractivity contribution is 7.98. The maximum atomic E-state index is 5.89. The largest absolute Gasteiger partial charge is 0.468 e. The molecule has 29 heavy (non-hydrogen) atoms. The maximum absolute atomic E-state index is 5.89. The topological polar surface area (TPSA) is 56.3 Å². The zero-order valence-corrected chi connectivity index (χ0v) is 17.9. The summed E-state index contributed by atoms with van der Waals surface area (Å²) in [6, 6.07) is 12.4. The highest BCUT2D eigenvalue weighted by Gasteiger charge is 2.22. The molecule has 0 spiro atoms. The van der Waals surface area contributed by atoms with Crippen molar-refractivity contribution in [3.8, 4) is 0 Å². The minimum absolute atomic E-state index is 0.248. The predicted octanol–water partition coefficient (Wildman–Crippen LogP) is 4.28. The second-order valence-corrected chi connectivity index (χ2v) is 8.55. The van der Waals surface area contributed by atoms with Gasteiger partial charge in [-0.15, -0.1) is 10.2 Å². The van der Waals surface area contributed by atoms with Crippen LogP contribution in [0.15, 0.2) is 52.2 Å². The van der Waals surface area contributed by atoms with E-state index in [0.717, 1.165) is 55.0 Å². The van der Waals surface area contributed by atoms with Gasteiger partial charge in [0.1, 0.15) is 11.6 Å². The van der Waals surface area contributed by atoms with E-state index in [0.29, 0.717) is 6.54 Å². The van der Waals surface area contributed by atoms with E-state index in [1.165, 1.54) is 11.1 Å². The number of thioether (sulfide) groups is 1. The van der Waals surface area contributed by atoms with E-state index in [1.54, 1.807) is 18.0 Å². The van der Waals surface area contributed by atoms with Crippen molar-refractivity contribution in [2.45, 2.75) is 56.4 Å². The molecule has 2 aromatic heterocycles. The summed E-state index contributed by atoms with van der Waals surface area (Å²) >= 11 is 1.75. The molecule has 1 aliphatic heterocycles. The molecule has 1 aromatic carbocycles. The van der Waals surface area contributed by atoms with Gasteiger partial charge >= 0.3 is 0 Å². The minimum Gasteiger partial charge on any atom is -0.468 e. The van der Waals surface area contributed by atoms with Crippen LogP contribution in [-0.2, 0) is 30.1 Å². The molecular formula is C22H28N4O2S. The van der Waals surface area contributed by atoms with Crippen LogP contribution in [0.25, 0.3) is 0 Å². The molecule has 1 atom stereocenters. The van der Waals surface area contributed by atoms with Gasteiger partial charge in [-0.25, -0.2) is 0 Å². The van der Waals surface area contributed by atoms with E-state index in [-0.39, 0.29) is 6.10 Å². The van der Waals surface area contributed by atoms with Crippen molar-refractivity contribution in [2.75, 3.05) is 13.7 Å². The van der Waals surface area contributed by atoms with Gasteiger partial charge in [0, 0.05) is 12.4 Å². The number of aryl methyl sites for hydroxylation is 1. The first-order valence-electron chi connectivity index (χ1n) is 10.1. The zero-order chi connectivity index (χ0) is 20.1. The third-order valence-corrected chi connectivity index (χ3v) is 6.25. The number of aromatic nitrogens is 3. The summed E-state index contributed by atoms with van der Waals surface area (Å²) in [6.45, 7) is 5.28.